The molecule has 0 atom stereocenters. The van der Waals surface area contributed by atoms with E-state index in [4.69, 9.17) is 4.74 Å². The van der Waals surface area contributed by atoms with Crippen LogP contribution in [0.4, 0.5) is 5.82 Å². The Balaban J connectivity index is 2.30. The summed E-state index contributed by atoms with van der Waals surface area (Å²) >= 11 is 1.64. The van der Waals surface area contributed by atoms with E-state index in [1.807, 2.05) is 11.4 Å². The Kier molecular flexibility index (Phi) is 3.07. The molecular weight excluding hydrogens is 222 g/mol. The van der Waals surface area contributed by atoms with E-state index in [0.29, 0.717) is 6.61 Å². The molecule has 2 aromatic rings. The topological polar surface area (TPSA) is 47.0 Å². The summed E-state index contributed by atoms with van der Waals surface area (Å²) < 4.78 is 6.26. The molecule has 0 aliphatic carbocycles. The molecule has 0 bridgehead atoms. The van der Waals surface area contributed by atoms with Crippen LogP contribution in [0.1, 0.15) is 13.8 Å². The Bertz CT molecular complexity index is 481. The van der Waals surface area contributed by atoms with Crippen LogP contribution < -0.4 is 5.32 Å². The molecule has 0 spiro atoms. The first kappa shape index (κ1) is 11.3. The predicted molar refractivity (Wildman–Crippen MR) is 67.0 cm³/mol. The molecule has 4 nitrogen and oxygen atoms in total. The molecule has 2 aromatic heterocycles. The van der Waals surface area contributed by atoms with Gasteiger partial charge in [-0.25, -0.2) is 9.97 Å². The fourth-order valence-electron chi connectivity index (χ4n) is 1.60. The lowest BCUT2D eigenvalue weighted by atomic mass is 10.1. The van der Waals surface area contributed by atoms with Crippen molar-refractivity contribution in [3.63, 3.8) is 0 Å². The standard InChI is InChI=1S/C11H15N3OS/c1-11(2,6-15-3)14-10-9-8(4-5-16-9)12-7-13-10/h4-5,7H,6H2,1-3H3,(H,12,13,14). The third-order valence-electron chi connectivity index (χ3n) is 2.21. The molecule has 86 valence electrons. The van der Waals surface area contributed by atoms with Crippen LogP contribution >= 0.6 is 11.3 Å². The highest BCUT2D eigenvalue weighted by molar-refractivity contribution is 7.17. The third kappa shape index (κ3) is 2.31. The zero-order valence-electron chi connectivity index (χ0n) is 9.65. The molecule has 0 fully saturated rings. The van der Waals surface area contributed by atoms with Crippen molar-refractivity contribution >= 4 is 27.4 Å². The van der Waals surface area contributed by atoms with Gasteiger partial charge in [-0.15, -0.1) is 11.3 Å². The molecule has 16 heavy (non-hydrogen) atoms. The second kappa shape index (κ2) is 4.35. The number of methoxy groups -OCH3 is 1. The molecule has 0 amide bonds. The molecule has 0 unspecified atom stereocenters. The first-order chi connectivity index (χ1) is 7.62. The second-order valence-corrected chi connectivity index (χ2v) is 5.22. The second-order valence-electron chi connectivity index (χ2n) is 4.30. The number of rotatable bonds is 4. The van der Waals surface area contributed by atoms with Crippen molar-refractivity contribution in [2.45, 2.75) is 19.4 Å². The number of thiophene rings is 1. The summed E-state index contributed by atoms with van der Waals surface area (Å²) in [6.07, 6.45) is 1.58. The predicted octanol–water partition coefficient (Wildman–Crippen LogP) is 2.53. The molecule has 1 N–H and O–H groups in total. The molecule has 0 saturated carbocycles. The Morgan fingerprint density at radius 3 is 3.00 bits per heavy atom. The summed E-state index contributed by atoms with van der Waals surface area (Å²) in [5.74, 6) is 0.877. The van der Waals surface area contributed by atoms with Crippen LogP contribution in [0, 0.1) is 0 Å². The monoisotopic (exact) mass is 237 g/mol. The molecule has 5 heteroatoms. The minimum absolute atomic E-state index is 0.139. The van der Waals surface area contributed by atoms with Crippen molar-refractivity contribution in [2.75, 3.05) is 19.0 Å². The average Bonchev–Trinajstić information content (AvgIpc) is 2.65. The van der Waals surface area contributed by atoms with Gasteiger partial charge in [0.1, 0.15) is 12.1 Å². The fourth-order valence-corrected chi connectivity index (χ4v) is 2.39. The van der Waals surface area contributed by atoms with Crippen LogP contribution in [0.3, 0.4) is 0 Å². The normalized spacial score (nSPS) is 11.9. The van der Waals surface area contributed by atoms with Crippen molar-refractivity contribution in [1.82, 2.24) is 9.97 Å². The fraction of sp³-hybridized carbons (Fsp3) is 0.455. The van der Waals surface area contributed by atoms with Gasteiger partial charge in [-0.3, -0.25) is 0 Å². The lowest BCUT2D eigenvalue weighted by Gasteiger charge is -2.25. The Hall–Kier alpha value is -1.20. The zero-order valence-corrected chi connectivity index (χ0v) is 10.5. The van der Waals surface area contributed by atoms with Crippen LogP contribution in [-0.2, 0) is 4.74 Å². The first-order valence-electron chi connectivity index (χ1n) is 5.08. The maximum Gasteiger partial charge on any atom is 0.147 e. The lowest BCUT2D eigenvalue weighted by molar-refractivity contribution is 0.158. The van der Waals surface area contributed by atoms with E-state index in [-0.39, 0.29) is 5.54 Å². The van der Waals surface area contributed by atoms with Gasteiger partial charge < -0.3 is 10.1 Å². The van der Waals surface area contributed by atoms with E-state index in [0.717, 1.165) is 16.0 Å². The largest absolute Gasteiger partial charge is 0.382 e. The highest BCUT2D eigenvalue weighted by atomic mass is 32.1. The van der Waals surface area contributed by atoms with E-state index in [9.17, 15) is 0 Å². The van der Waals surface area contributed by atoms with Crippen molar-refractivity contribution in [3.05, 3.63) is 17.8 Å². The van der Waals surface area contributed by atoms with Crippen molar-refractivity contribution in [2.24, 2.45) is 0 Å². The van der Waals surface area contributed by atoms with E-state index in [2.05, 4.69) is 29.1 Å². The van der Waals surface area contributed by atoms with E-state index >= 15 is 0 Å². The third-order valence-corrected chi connectivity index (χ3v) is 3.12. The number of nitrogens with one attached hydrogen (secondary N) is 1. The van der Waals surface area contributed by atoms with Crippen LogP contribution in [0.5, 0.6) is 0 Å². The van der Waals surface area contributed by atoms with Crippen LogP contribution in [0.2, 0.25) is 0 Å². The van der Waals surface area contributed by atoms with Crippen molar-refractivity contribution in [1.29, 1.82) is 0 Å². The van der Waals surface area contributed by atoms with Crippen molar-refractivity contribution in [3.8, 4) is 0 Å². The summed E-state index contributed by atoms with van der Waals surface area (Å²) in [5.41, 5.74) is 0.843. The zero-order chi connectivity index (χ0) is 11.6. The summed E-state index contributed by atoms with van der Waals surface area (Å²) in [5, 5.41) is 5.40. The minimum atomic E-state index is -0.139. The van der Waals surface area contributed by atoms with Crippen LogP contribution in [0.15, 0.2) is 17.8 Å². The van der Waals surface area contributed by atoms with Gasteiger partial charge in [0.05, 0.1) is 22.4 Å². The molecular formula is C11H15N3OS. The van der Waals surface area contributed by atoms with E-state index < -0.39 is 0 Å². The van der Waals surface area contributed by atoms with Gasteiger partial charge in [-0.05, 0) is 25.3 Å². The molecule has 0 aliphatic rings. The number of hydrogen-bond donors (Lipinski definition) is 1. The Labute approximate surface area is 98.7 Å². The highest BCUT2D eigenvalue weighted by Gasteiger charge is 2.19. The number of nitrogens with zero attached hydrogens (tertiary/aromatic N) is 2. The number of aromatic nitrogens is 2. The van der Waals surface area contributed by atoms with Gasteiger partial charge in [-0.2, -0.15) is 0 Å². The van der Waals surface area contributed by atoms with Gasteiger partial charge >= 0.3 is 0 Å². The number of hydrogen-bond acceptors (Lipinski definition) is 5. The van der Waals surface area contributed by atoms with Gasteiger partial charge in [0, 0.05) is 7.11 Å². The summed E-state index contributed by atoms with van der Waals surface area (Å²) in [4.78, 5) is 8.49. The SMILES string of the molecule is COCC(C)(C)Nc1ncnc2ccsc12. The van der Waals surface area contributed by atoms with Crippen molar-refractivity contribution < 1.29 is 4.74 Å². The number of ether oxygens (including phenoxy) is 1. The molecule has 0 saturated heterocycles. The summed E-state index contributed by atoms with van der Waals surface area (Å²) in [7, 11) is 1.70. The van der Waals surface area contributed by atoms with Gasteiger partial charge in [0.2, 0.25) is 0 Å². The smallest absolute Gasteiger partial charge is 0.147 e. The highest BCUT2D eigenvalue weighted by Crippen LogP contribution is 2.26. The minimum Gasteiger partial charge on any atom is -0.382 e. The molecule has 0 radical (unpaired) electrons. The molecule has 0 aromatic carbocycles. The molecule has 0 aliphatic heterocycles. The van der Waals surface area contributed by atoms with E-state index in [1.165, 1.54) is 0 Å². The lowest BCUT2D eigenvalue weighted by Crippen LogP contribution is -2.36. The maximum absolute atomic E-state index is 5.17. The molecule has 2 rings (SSSR count). The van der Waals surface area contributed by atoms with Crippen LogP contribution in [0.25, 0.3) is 10.2 Å². The molecule has 2 heterocycles. The Morgan fingerprint density at radius 1 is 1.44 bits per heavy atom. The summed E-state index contributed by atoms with van der Waals surface area (Å²) in [6, 6.07) is 2.00. The van der Waals surface area contributed by atoms with Gasteiger partial charge in [-0.1, -0.05) is 0 Å². The van der Waals surface area contributed by atoms with Crippen LogP contribution in [-0.4, -0.2) is 29.2 Å². The summed E-state index contributed by atoms with van der Waals surface area (Å²) in [6.45, 7) is 4.79. The maximum atomic E-state index is 5.17. The van der Waals surface area contributed by atoms with Gasteiger partial charge in [0.25, 0.3) is 0 Å². The Morgan fingerprint density at radius 2 is 2.25 bits per heavy atom. The average molecular weight is 237 g/mol. The van der Waals surface area contributed by atoms with Gasteiger partial charge in [0.15, 0.2) is 0 Å². The number of fused-ring (bicyclic) bond motifs is 1. The first-order valence-corrected chi connectivity index (χ1v) is 5.96. The van der Waals surface area contributed by atoms with E-state index in [1.54, 1.807) is 24.8 Å². The quantitative estimate of drug-likeness (QED) is 0.887. The number of anilines is 1.